The monoisotopic (exact) mass is 314 g/mol. The number of esters is 1. The lowest BCUT2D eigenvalue weighted by molar-refractivity contribution is -0.145. The molecule has 0 aromatic rings. The van der Waals surface area contributed by atoms with E-state index >= 15 is 0 Å². The minimum absolute atomic E-state index is 0.208. The van der Waals surface area contributed by atoms with Crippen molar-refractivity contribution in [3.05, 3.63) is 0 Å². The Hall–Kier alpha value is -0.640. The first-order valence-electron chi connectivity index (χ1n) is 4.30. The van der Waals surface area contributed by atoms with Gasteiger partial charge < -0.3 is 9.26 Å². The molecule has 18 heavy (non-hydrogen) atoms. The number of methoxy groups -OCH3 is 1. The molecule has 0 radical (unpaired) electrons. The molecule has 0 aliphatic carbocycles. The van der Waals surface area contributed by atoms with Crippen LogP contribution in [0.5, 0.6) is 0 Å². The maximum atomic E-state index is 12.0. The van der Waals surface area contributed by atoms with Gasteiger partial charge in [-0.25, -0.2) is 8.98 Å². The van der Waals surface area contributed by atoms with Gasteiger partial charge in [0.15, 0.2) is 0 Å². The van der Waals surface area contributed by atoms with Crippen molar-refractivity contribution in [1.29, 1.82) is 0 Å². The molecule has 0 aliphatic heterocycles. The molecule has 0 aromatic carbocycles. The third kappa shape index (κ3) is 4.56. The van der Waals surface area contributed by atoms with E-state index in [0.717, 1.165) is 7.11 Å². The summed E-state index contributed by atoms with van der Waals surface area (Å²) in [5.74, 6) is -4.01. The largest absolute Gasteiger partial charge is 0.523 e. The SMILES string of the molecule is CCO[PH](=O)C(OS(=O)(=O)C(F)(F)F)C(=O)OC. The highest BCUT2D eigenvalue weighted by Crippen LogP contribution is 2.35. The average Bonchev–Trinajstić information content (AvgIpc) is 2.23. The highest BCUT2D eigenvalue weighted by molar-refractivity contribution is 7.87. The molecular formula is C6H10F3O7PS. The van der Waals surface area contributed by atoms with Gasteiger partial charge in [-0.3, -0.25) is 4.57 Å². The van der Waals surface area contributed by atoms with Crippen molar-refractivity contribution < 1.29 is 44.4 Å². The van der Waals surface area contributed by atoms with Gasteiger partial charge in [0.25, 0.3) is 0 Å². The van der Waals surface area contributed by atoms with Crippen molar-refractivity contribution in [1.82, 2.24) is 0 Å². The zero-order valence-electron chi connectivity index (χ0n) is 9.18. The Kier molecular flexibility index (Phi) is 6.27. The lowest BCUT2D eigenvalue weighted by Gasteiger charge is -2.15. The van der Waals surface area contributed by atoms with Crippen molar-refractivity contribution in [2.75, 3.05) is 13.7 Å². The van der Waals surface area contributed by atoms with Crippen LogP contribution >= 0.6 is 8.03 Å². The maximum absolute atomic E-state index is 12.0. The van der Waals surface area contributed by atoms with Crippen molar-refractivity contribution in [2.45, 2.75) is 18.3 Å². The molecule has 12 heteroatoms. The summed E-state index contributed by atoms with van der Waals surface area (Å²) in [6.07, 6.45) is 0. The predicted octanol–water partition coefficient (Wildman–Crippen LogP) is 0.863. The van der Waals surface area contributed by atoms with Gasteiger partial charge in [-0.1, -0.05) is 0 Å². The van der Waals surface area contributed by atoms with Crippen LogP contribution in [0.4, 0.5) is 13.2 Å². The molecule has 0 heterocycles. The smallest absolute Gasteiger partial charge is 0.467 e. The summed E-state index contributed by atoms with van der Waals surface area (Å²) < 4.78 is 80.5. The molecule has 0 aliphatic rings. The fraction of sp³-hybridized carbons (Fsp3) is 0.833. The molecule has 2 unspecified atom stereocenters. The van der Waals surface area contributed by atoms with Crippen LogP contribution in [0.25, 0.3) is 0 Å². The summed E-state index contributed by atoms with van der Waals surface area (Å²) in [6.45, 7) is 1.13. The molecule has 0 bridgehead atoms. The Morgan fingerprint density at radius 3 is 2.22 bits per heavy atom. The Morgan fingerprint density at radius 1 is 1.39 bits per heavy atom. The Morgan fingerprint density at radius 2 is 1.89 bits per heavy atom. The number of carbonyl (C=O) groups excluding carboxylic acids is 1. The minimum Gasteiger partial charge on any atom is -0.467 e. The van der Waals surface area contributed by atoms with Crippen LogP contribution in [-0.4, -0.2) is 39.5 Å². The second-order valence-corrected chi connectivity index (χ2v) is 5.67. The predicted molar refractivity (Wildman–Crippen MR) is 52.5 cm³/mol. The van der Waals surface area contributed by atoms with E-state index in [4.69, 9.17) is 0 Å². The Labute approximate surface area is 101 Å². The molecule has 0 spiro atoms. The van der Waals surface area contributed by atoms with Crippen LogP contribution in [0.15, 0.2) is 0 Å². The number of ether oxygens (including phenoxy) is 1. The minimum atomic E-state index is -6.07. The molecule has 7 nitrogen and oxygen atoms in total. The van der Waals surface area contributed by atoms with Gasteiger partial charge in [-0.15, -0.1) is 0 Å². The zero-order valence-corrected chi connectivity index (χ0v) is 11.0. The first-order valence-corrected chi connectivity index (χ1v) is 7.11. The van der Waals surface area contributed by atoms with Crippen LogP contribution in [0.1, 0.15) is 6.92 Å². The topological polar surface area (TPSA) is 96.0 Å². The van der Waals surface area contributed by atoms with E-state index in [1.807, 2.05) is 0 Å². The van der Waals surface area contributed by atoms with E-state index < -0.39 is 35.5 Å². The van der Waals surface area contributed by atoms with Gasteiger partial charge in [0.1, 0.15) is 0 Å². The highest BCUT2D eigenvalue weighted by atomic mass is 32.2. The molecular weight excluding hydrogens is 304 g/mol. The van der Waals surface area contributed by atoms with Crippen LogP contribution in [0, 0.1) is 0 Å². The van der Waals surface area contributed by atoms with Crippen LogP contribution < -0.4 is 0 Å². The second-order valence-electron chi connectivity index (χ2n) is 2.65. The number of rotatable bonds is 6. The molecule has 0 rings (SSSR count). The van der Waals surface area contributed by atoms with Crippen LogP contribution in [0.3, 0.4) is 0 Å². The fourth-order valence-electron chi connectivity index (χ4n) is 0.681. The van der Waals surface area contributed by atoms with Crippen molar-refractivity contribution in [3.63, 3.8) is 0 Å². The van der Waals surface area contributed by atoms with Crippen molar-refractivity contribution in [2.24, 2.45) is 0 Å². The van der Waals surface area contributed by atoms with Gasteiger partial charge in [0.05, 0.1) is 13.7 Å². The molecule has 0 aromatic heterocycles. The summed E-state index contributed by atoms with van der Waals surface area (Å²) in [4.78, 5) is 11.0. The van der Waals surface area contributed by atoms with Gasteiger partial charge in [0.2, 0.25) is 13.9 Å². The standard InChI is InChI=1S/C6H10F3O7PS/c1-3-15-17(11)5(4(10)14-2)16-18(12,13)6(7,8)9/h5,17H,3H2,1-2H3. The summed E-state index contributed by atoms with van der Waals surface area (Å²) in [5, 5.41) is 0. The number of halogens is 3. The van der Waals surface area contributed by atoms with Crippen molar-refractivity contribution in [3.8, 4) is 0 Å². The molecule has 0 saturated heterocycles. The molecule has 2 atom stereocenters. The quantitative estimate of drug-likeness (QED) is 0.310. The number of alkyl halides is 3. The lowest BCUT2D eigenvalue weighted by atomic mass is 10.7. The lowest BCUT2D eigenvalue weighted by Crippen LogP contribution is -2.33. The van der Waals surface area contributed by atoms with Crippen LogP contribution in [-0.2, 0) is 32.9 Å². The summed E-state index contributed by atoms with van der Waals surface area (Å²) in [7, 11) is -8.82. The number of hydrogen-bond acceptors (Lipinski definition) is 7. The van der Waals surface area contributed by atoms with Crippen LogP contribution in [0.2, 0.25) is 0 Å². The molecule has 0 N–H and O–H groups in total. The van der Waals surface area contributed by atoms with E-state index in [1.165, 1.54) is 6.92 Å². The highest BCUT2D eigenvalue weighted by Gasteiger charge is 2.50. The Bertz CT molecular complexity index is 417. The Balaban J connectivity index is 5.15. The molecule has 0 fully saturated rings. The maximum Gasteiger partial charge on any atom is 0.523 e. The molecule has 0 amide bonds. The first kappa shape index (κ1) is 17.4. The van der Waals surface area contributed by atoms with E-state index in [0.29, 0.717) is 0 Å². The number of carbonyl (C=O) groups is 1. The van der Waals surface area contributed by atoms with E-state index in [2.05, 4.69) is 13.4 Å². The summed E-state index contributed by atoms with van der Waals surface area (Å²) >= 11 is 0. The normalized spacial score (nSPS) is 16.1. The number of hydrogen-bond donors (Lipinski definition) is 0. The summed E-state index contributed by atoms with van der Waals surface area (Å²) in [5.41, 5.74) is -5.74. The van der Waals surface area contributed by atoms with Gasteiger partial charge >= 0.3 is 21.6 Å². The summed E-state index contributed by atoms with van der Waals surface area (Å²) in [6, 6.07) is 0. The van der Waals surface area contributed by atoms with E-state index in [1.54, 1.807) is 0 Å². The van der Waals surface area contributed by atoms with Gasteiger partial charge in [-0.05, 0) is 6.92 Å². The van der Waals surface area contributed by atoms with Gasteiger partial charge in [-0.2, -0.15) is 21.6 Å². The van der Waals surface area contributed by atoms with E-state index in [-0.39, 0.29) is 6.61 Å². The molecule has 108 valence electrons. The third-order valence-electron chi connectivity index (χ3n) is 1.42. The zero-order chi connectivity index (χ0) is 14.6. The molecule has 0 saturated carbocycles. The van der Waals surface area contributed by atoms with Gasteiger partial charge in [0, 0.05) is 0 Å². The fourth-order valence-corrected chi connectivity index (χ4v) is 2.56. The van der Waals surface area contributed by atoms with E-state index in [9.17, 15) is 30.9 Å². The van der Waals surface area contributed by atoms with Crippen molar-refractivity contribution >= 4 is 24.1 Å². The second kappa shape index (κ2) is 6.50. The third-order valence-corrected chi connectivity index (χ3v) is 3.96. The average molecular weight is 314 g/mol. The first-order chi connectivity index (χ1) is 8.06.